The van der Waals surface area contributed by atoms with Crippen LogP contribution in [0.5, 0.6) is 0 Å². The molecule has 1 aliphatic rings. The third kappa shape index (κ3) is 4.18. The average Bonchev–Trinajstić information content (AvgIpc) is 3.27. The number of aryl methyl sites for hydroxylation is 1. The summed E-state index contributed by atoms with van der Waals surface area (Å²) >= 11 is 6.52. The zero-order valence-corrected chi connectivity index (χ0v) is 16.9. The number of hydrogen-bond acceptors (Lipinski definition) is 3. The second-order valence-corrected chi connectivity index (χ2v) is 7.52. The van der Waals surface area contributed by atoms with Crippen LogP contribution in [-0.2, 0) is 17.9 Å². The van der Waals surface area contributed by atoms with Gasteiger partial charge in [-0.3, -0.25) is 4.79 Å². The Morgan fingerprint density at radius 1 is 1.07 bits per heavy atom. The number of halogens is 2. The SMILES string of the molecule is Cc1nn(-c2ccc(F)cc2)c(Cl)c1CNCc1ccc(N2CCCC2=O)cc1. The van der Waals surface area contributed by atoms with Crippen molar-refractivity contribution >= 4 is 23.2 Å². The number of carbonyl (C=O) groups is 1. The van der Waals surface area contributed by atoms with Crippen molar-refractivity contribution in [3.63, 3.8) is 0 Å². The Labute approximate surface area is 174 Å². The summed E-state index contributed by atoms with van der Waals surface area (Å²) in [6, 6.07) is 14.1. The van der Waals surface area contributed by atoms with Crippen LogP contribution in [0, 0.1) is 12.7 Å². The Kier molecular flexibility index (Phi) is 5.65. The minimum Gasteiger partial charge on any atom is -0.312 e. The lowest BCUT2D eigenvalue weighted by molar-refractivity contribution is -0.117. The molecule has 2 heterocycles. The molecular formula is C22H22ClFN4O. The molecule has 1 fully saturated rings. The minimum atomic E-state index is -0.296. The standard InChI is InChI=1S/C22H22ClFN4O/c1-15-20(22(23)28(26-15)19-10-6-17(24)7-11-19)14-25-13-16-4-8-18(9-5-16)27-12-2-3-21(27)29/h4-11,25H,2-3,12-14H2,1H3. The zero-order valence-electron chi connectivity index (χ0n) is 16.2. The number of anilines is 1. The summed E-state index contributed by atoms with van der Waals surface area (Å²) in [5.41, 5.74) is 4.54. The van der Waals surface area contributed by atoms with Gasteiger partial charge in [-0.25, -0.2) is 9.07 Å². The maximum absolute atomic E-state index is 13.2. The van der Waals surface area contributed by atoms with E-state index in [0.29, 0.717) is 24.7 Å². The van der Waals surface area contributed by atoms with E-state index in [1.54, 1.807) is 16.8 Å². The Morgan fingerprint density at radius 3 is 2.41 bits per heavy atom. The monoisotopic (exact) mass is 412 g/mol. The molecule has 1 amide bonds. The highest BCUT2D eigenvalue weighted by molar-refractivity contribution is 6.30. The predicted molar refractivity (Wildman–Crippen MR) is 112 cm³/mol. The molecule has 0 saturated carbocycles. The molecule has 0 unspecified atom stereocenters. The van der Waals surface area contributed by atoms with Crippen molar-refractivity contribution in [2.24, 2.45) is 0 Å². The third-order valence-electron chi connectivity index (χ3n) is 5.15. The van der Waals surface area contributed by atoms with Crippen LogP contribution in [0.1, 0.15) is 29.7 Å². The highest BCUT2D eigenvalue weighted by Gasteiger charge is 2.21. The molecule has 1 aromatic heterocycles. The number of hydrogen-bond donors (Lipinski definition) is 1. The van der Waals surface area contributed by atoms with Gasteiger partial charge in [-0.15, -0.1) is 0 Å². The van der Waals surface area contributed by atoms with Crippen LogP contribution in [0.4, 0.5) is 10.1 Å². The number of nitrogens with one attached hydrogen (secondary N) is 1. The number of nitrogens with zero attached hydrogens (tertiary/aromatic N) is 3. The Morgan fingerprint density at radius 2 is 1.76 bits per heavy atom. The molecule has 1 N–H and O–H groups in total. The summed E-state index contributed by atoms with van der Waals surface area (Å²) in [6.07, 6.45) is 1.56. The van der Waals surface area contributed by atoms with Crippen molar-refractivity contribution in [2.45, 2.75) is 32.9 Å². The maximum atomic E-state index is 13.2. The van der Waals surface area contributed by atoms with Crippen LogP contribution in [0.2, 0.25) is 5.15 Å². The van der Waals surface area contributed by atoms with Gasteiger partial charge in [-0.05, 0) is 55.3 Å². The third-order valence-corrected chi connectivity index (χ3v) is 5.53. The van der Waals surface area contributed by atoms with Crippen LogP contribution in [0.25, 0.3) is 5.69 Å². The highest BCUT2D eigenvalue weighted by Crippen LogP contribution is 2.24. The first-order valence-electron chi connectivity index (χ1n) is 9.63. The van der Waals surface area contributed by atoms with Gasteiger partial charge in [0.25, 0.3) is 0 Å². The Hall–Kier alpha value is -2.70. The van der Waals surface area contributed by atoms with E-state index in [4.69, 9.17) is 11.6 Å². The Balaban J connectivity index is 1.39. The summed E-state index contributed by atoms with van der Waals surface area (Å²) in [5, 5.41) is 8.39. The average molecular weight is 413 g/mol. The van der Waals surface area contributed by atoms with Crippen molar-refractivity contribution in [1.29, 1.82) is 0 Å². The molecular weight excluding hydrogens is 391 g/mol. The van der Waals surface area contributed by atoms with E-state index in [1.807, 2.05) is 36.1 Å². The number of rotatable bonds is 6. The summed E-state index contributed by atoms with van der Waals surface area (Å²) in [4.78, 5) is 13.7. The number of aromatic nitrogens is 2. The van der Waals surface area contributed by atoms with Gasteiger partial charge in [0.15, 0.2) is 0 Å². The highest BCUT2D eigenvalue weighted by atomic mass is 35.5. The van der Waals surface area contributed by atoms with Gasteiger partial charge in [0, 0.05) is 37.3 Å². The van der Waals surface area contributed by atoms with Crippen LogP contribution < -0.4 is 10.2 Å². The normalized spacial score (nSPS) is 14.0. The minimum absolute atomic E-state index is 0.194. The number of carbonyl (C=O) groups excluding carboxylic acids is 1. The molecule has 4 rings (SSSR count). The molecule has 150 valence electrons. The second-order valence-electron chi connectivity index (χ2n) is 7.16. The van der Waals surface area contributed by atoms with E-state index in [2.05, 4.69) is 10.4 Å². The van der Waals surface area contributed by atoms with Gasteiger partial charge in [0.2, 0.25) is 5.91 Å². The molecule has 1 saturated heterocycles. The van der Waals surface area contributed by atoms with Crippen molar-refractivity contribution < 1.29 is 9.18 Å². The first kappa shape index (κ1) is 19.6. The fraction of sp³-hybridized carbons (Fsp3) is 0.273. The first-order valence-corrected chi connectivity index (χ1v) is 10.0. The van der Waals surface area contributed by atoms with Crippen molar-refractivity contribution in [3.05, 3.63) is 76.3 Å². The largest absolute Gasteiger partial charge is 0.312 e. The van der Waals surface area contributed by atoms with Crippen LogP contribution >= 0.6 is 11.6 Å². The van der Waals surface area contributed by atoms with Crippen molar-refractivity contribution in [2.75, 3.05) is 11.4 Å². The summed E-state index contributed by atoms with van der Waals surface area (Å²) in [7, 11) is 0. The fourth-order valence-corrected chi connectivity index (χ4v) is 3.87. The molecule has 0 atom stereocenters. The molecule has 0 radical (unpaired) electrons. The van der Waals surface area contributed by atoms with E-state index >= 15 is 0 Å². The molecule has 29 heavy (non-hydrogen) atoms. The van der Waals surface area contributed by atoms with Gasteiger partial charge in [0.05, 0.1) is 11.4 Å². The maximum Gasteiger partial charge on any atom is 0.227 e. The summed E-state index contributed by atoms with van der Waals surface area (Å²) in [6.45, 7) is 3.95. The predicted octanol–water partition coefficient (Wildman–Crippen LogP) is 4.39. The van der Waals surface area contributed by atoms with Crippen molar-refractivity contribution in [3.8, 4) is 5.69 Å². The molecule has 3 aromatic rings. The van der Waals surface area contributed by atoms with Gasteiger partial charge in [-0.1, -0.05) is 23.7 Å². The van der Waals surface area contributed by atoms with E-state index in [9.17, 15) is 9.18 Å². The molecule has 0 spiro atoms. The molecule has 5 nitrogen and oxygen atoms in total. The van der Waals surface area contributed by atoms with E-state index in [0.717, 1.165) is 41.2 Å². The topological polar surface area (TPSA) is 50.2 Å². The second kappa shape index (κ2) is 8.35. The number of benzene rings is 2. The molecule has 1 aliphatic heterocycles. The fourth-order valence-electron chi connectivity index (χ4n) is 3.53. The summed E-state index contributed by atoms with van der Waals surface area (Å²) < 4.78 is 14.8. The van der Waals surface area contributed by atoms with Gasteiger partial charge < -0.3 is 10.2 Å². The van der Waals surface area contributed by atoms with Crippen molar-refractivity contribution in [1.82, 2.24) is 15.1 Å². The lowest BCUT2D eigenvalue weighted by atomic mass is 10.2. The van der Waals surface area contributed by atoms with Gasteiger partial charge in [0.1, 0.15) is 11.0 Å². The van der Waals surface area contributed by atoms with Gasteiger partial charge in [-0.2, -0.15) is 5.10 Å². The van der Waals surface area contributed by atoms with Crippen LogP contribution in [0.15, 0.2) is 48.5 Å². The molecule has 0 aliphatic carbocycles. The molecule has 2 aromatic carbocycles. The van der Waals surface area contributed by atoms with E-state index in [1.165, 1.54) is 12.1 Å². The summed E-state index contributed by atoms with van der Waals surface area (Å²) in [5.74, 6) is -0.102. The van der Waals surface area contributed by atoms with Crippen LogP contribution in [-0.4, -0.2) is 22.2 Å². The lowest BCUT2D eigenvalue weighted by Gasteiger charge is -2.16. The van der Waals surface area contributed by atoms with Crippen LogP contribution in [0.3, 0.4) is 0 Å². The quantitative estimate of drug-likeness (QED) is 0.653. The van der Waals surface area contributed by atoms with E-state index in [-0.39, 0.29) is 11.7 Å². The van der Waals surface area contributed by atoms with Gasteiger partial charge >= 0.3 is 0 Å². The molecule has 7 heteroatoms. The first-order chi connectivity index (χ1) is 14.0. The molecule has 0 bridgehead atoms. The zero-order chi connectivity index (χ0) is 20.4. The smallest absolute Gasteiger partial charge is 0.227 e. The number of amides is 1. The van der Waals surface area contributed by atoms with E-state index < -0.39 is 0 Å². The lowest BCUT2D eigenvalue weighted by Crippen LogP contribution is -2.23. The Bertz CT molecular complexity index is 1010.